The topological polar surface area (TPSA) is 73.6 Å². The van der Waals surface area contributed by atoms with Gasteiger partial charge in [0.15, 0.2) is 0 Å². The number of nitrogens with one attached hydrogen (secondary N) is 1. The summed E-state index contributed by atoms with van der Waals surface area (Å²) in [4.78, 5) is 12.1. The lowest BCUT2D eigenvalue weighted by molar-refractivity contribution is 0.0956. The normalized spacial score (nSPS) is 9.90. The van der Waals surface area contributed by atoms with Crippen LogP contribution in [0.5, 0.6) is 11.5 Å². The van der Waals surface area contributed by atoms with Crippen molar-refractivity contribution in [1.82, 2.24) is 5.32 Å². The maximum Gasteiger partial charge on any atom is 0.253 e. The van der Waals surface area contributed by atoms with E-state index in [0.29, 0.717) is 29.3 Å². The standard InChI is InChI=1S/C14H20N2O3S/c1-4-6-20-7-5-16-14(17)11-8-10(18-2)9-12(19-3)13(11)15/h4,8-9H,1,5-7,15H2,2-3H3,(H,16,17). The molecule has 0 atom stereocenters. The molecule has 0 radical (unpaired) electrons. The average Bonchev–Trinajstić information content (AvgIpc) is 2.47. The number of rotatable bonds is 8. The molecule has 0 saturated carbocycles. The van der Waals surface area contributed by atoms with Crippen LogP contribution in [0.3, 0.4) is 0 Å². The Morgan fingerprint density at radius 2 is 2.20 bits per heavy atom. The molecule has 3 N–H and O–H groups in total. The zero-order valence-corrected chi connectivity index (χ0v) is 12.6. The summed E-state index contributed by atoms with van der Waals surface area (Å²) in [6.07, 6.45) is 1.83. The SMILES string of the molecule is C=CCSCCNC(=O)c1cc(OC)cc(OC)c1N. The summed E-state index contributed by atoms with van der Waals surface area (Å²) in [5, 5.41) is 2.82. The number of thioether (sulfide) groups is 1. The van der Waals surface area contributed by atoms with Crippen LogP contribution in [0.4, 0.5) is 5.69 Å². The number of hydrogen-bond donors (Lipinski definition) is 2. The molecule has 0 aliphatic heterocycles. The summed E-state index contributed by atoms with van der Waals surface area (Å²) < 4.78 is 10.3. The zero-order chi connectivity index (χ0) is 15.0. The molecule has 1 aromatic rings. The Hall–Kier alpha value is -1.82. The van der Waals surface area contributed by atoms with E-state index in [4.69, 9.17) is 15.2 Å². The smallest absolute Gasteiger partial charge is 0.253 e. The molecule has 0 saturated heterocycles. The minimum Gasteiger partial charge on any atom is -0.497 e. The quantitative estimate of drug-likeness (QED) is 0.436. The predicted octanol–water partition coefficient (Wildman–Crippen LogP) is 1.93. The maximum absolute atomic E-state index is 12.1. The fourth-order valence-corrected chi connectivity index (χ4v) is 2.15. The van der Waals surface area contributed by atoms with Gasteiger partial charge in [0.2, 0.25) is 0 Å². The van der Waals surface area contributed by atoms with Crippen molar-refractivity contribution in [3.05, 3.63) is 30.4 Å². The largest absolute Gasteiger partial charge is 0.497 e. The van der Waals surface area contributed by atoms with Gasteiger partial charge in [-0.15, -0.1) is 6.58 Å². The molecule has 20 heavy (non-hydrogen) atoms. The van der Waals surface area contributed by atoms with Crippen LogP contribution in [0.15, 0.2) is 24.8 Å². The molecule has 6 heteroatoms. The summed E-state index contributed by atoms with van der Waals surface area (Å²) in [5.41, 5.74) is 6.58. The number of benzene rings is 1. The van der Waals surface area contributed by atoms with Gasteiger partial charge < -0.3 is 20.5 Å². The molecule has 0 unspecified atom stereocenters. The first-order chi connectivity index (χ1) is 9.63. The second kappa shape index (κ2) is 8.37. The van der Waals surface area contributed by atoms with Crippen molar-refractivity contribution >= 4 is 23.4 Å². The van der Waals surface area contributed by atoms with Crippen molar-refractivity contribution in [1.29, 1.82) is 0 Å². The summed E-state index contributed by atoms with van der Waals surface area (Å²) in [5.74, 6) is 2.40. The highest BCUT2D eigenvalue weighted by Crippen LogP contribution is 2.30. The summed E-state index contributed by atoms with van der Waals surface area (Å²) >= 11 is 1.70. The van der Waals surface area contributed by atoms with Gasteiger partial charge in [-0.2, -0.15) is 11.8 Å². The molecule has 0 aliphatic rings. The molecule has 0 heterocycles. The lowest BCUT2D eigenvalue weighted by atomic mass is 10.1. The predicted molar refractivity (Wildman–Crippen MR) is 83.8 cm³/mol. The first-order valence-corrected chi connectivity index (χ1v) is 7.27. The zero-order valence-electron chi connectivity index (χ0n) is 11.8. The molecule has 0 aromatic heterocycles. The van der Waals surface area contributed by atoms with Crippen molar-refractivity contribution in [2.75, 3.05) is 38.0 Å². The molecule has 5 nitrogen and oxygen atoms in total. The molecule has 1 amide bonds. The minimum atomic E-state index is -0.237. The molecule has 110 valence electrons. The van der Waals surface area contributed by atoms with Crippen molar-refractivity contribution in [3.63, 3.8) is 0 Å². The van der Waals surface area contributed by atoms with E-state index in [2.05, 4.69) is 11.9 Å². The Morgan fingerprint density at radius 1 is 1.45 bits per heavy atom. The van der Waals surface area contributed by atoms with E-state index in [-0.39, 0.29) is 5.91 Å². The number of amides is 1. The number of carbonyl (C=O) groups is 1. The van der Waals surface area contributed by atoms with Crippen LogP contribution in [0.2, 0.25) is 0 Å². The van der Waals surface area contributed by atoms with E-state index < -0.39 is 0 Å². The molecular formula is C14H20N2O3S. The summed E-state index contributed by atoms with van der Waals surface area (Å²) in [6, 6.07) is 3.25. The molecule has 0 spiro atoms. The van der Waals surface area contributed by atoms with E-state index in [1.807, 2.05) is 6.08 Å². The minimum absolute atomic E-state index is 0.237. The van der Waals surface area contributed by atoms with E-state index >= 15 is 0 Å². The number of methoxy groups -OCH3 is 2. The van der Waals surface area contributed by atoms with E-state index in [1.165, 1.54) is 14.2 Å². The van der Waals surface area contributed by atoms with Gasteiger partial charge in [-0.3, -0.25) is 4.79 Å². The van der Waals surface area contributed by atoms with Gasteiger partial charge in [0.1, 0.15) is 11.5 Å². The van der Waals surface area contributed by atoms with Crippen LogP contribution in [-0.4, -0.2) is 38.2 Å². The van der Waals surface area contributed by atoms with Gasteiger partial charge in [-0.1, -0.05) is 6.08 Å². The average molecular weight is 296 g/mol. The number of carbonyl (C=O) groups excluding carboxylic acids is 1. The Morgan fingerprint density at radius 3 is 2.80 bits per heavy atom. The fraction of sp³-hybridized carbons (Fsp3) is 0.357. The molecule has 1 aromatic carbocycles. The van der Waals surface area contributed by atoms with Crippen LogP contribution in [0.25, 0.3) is 0 Å². The molecular weight excluding hydrogens is 276 g/mol. The van der Waals surface area contributed by atoms with Crippen LogP contribution in [0, 0.1) is 0 Å². The molecule has 0 fully saturated rings. The summed E-state index contributed by atoms with van der Waals surface area (Å²) in [6.45, 7) is 4.20. The number of nitrogen functional groups attached to an aromatic ring is 1. The van der Waals surface area contributed by atoms with Gasteiger partial charge in [-0.25, -0.2) is 0 Å². The molecule has 1 rings (SSSR count). The maximum atomic E-state index is 12.1. The third-order valence-corrected chi connectivity index (χ3v) is 3.55. The highest BCUT2D eigenvalue weighted by atomic mass is 32.2. The second-order valence-corrected chi connectivity index (χ2v) is 5.06. The third-order valence-electron chi connectivity index (χ3n) is 2.58. The Kier molecular flexibility index (Phi) is 6.79. The Balaban J connectivity index is 2.73. The molecule has 0 aliphatic carbocycles. The molecule has 0 bridgehead atoms. The number of anilines is 1. The number of ether oxygens (including phenoxy) is 2. The van der Waals surface area contributed by atoms with Gasteiger partial charge >= 0.3 is 0 Å². The van der Waals surface area contributed by atoms with Crippen LogP contribution in [-0.2, 0) is 0 Å². The van der Waals surface area contributed by atoms with Gasteiger partial charge in [0, 0.05) is 24.1 Å². The first-order valence-electron chi connectivity index (χ1n) is 6.12. The van der Waals surface area contributed by atoms with E-state index in [9.17, 15) is 4.79 Å². The third kappa shape index (κ3) is 4.38. The number of nitrogens with two attached hydrogens (primary N) is 1. The van der Waals surface area contributed by atoms with Crippen molar-refractivity contribution in [2.45, 2.75) is 0 Å². The van der Waals surface area contributed by atoms with Gasteiger partial charge in [-0.05, 0) is 6.07 Å². The van der Waals surface area contributed by atoms with E-state index in [0.717, 1.165) is 11.5 Å². The second-order valence-electron chi connectivity index (χ2n) is 3.91. The van der Waals surface area contributed by atoms with Crippen LogP contribution in [0.1, 0.15) is 10.4 Å². The monoisotopic (exact) mass is 296 g/mol. The summed E-state index contributed by atoms with van der Waals surface area (Å²) in [7, 11) is 3.03. The van der Waals surface area contributed by atoms with E-state index in [1.54, 1.807) is 23.9 Å². The lowest BCUT2D eigenvalue weighted by Gasteiger charge is -2.12. The Labute approximate surface area is 123 Å². The van der Waals surface area contributed by atoms with Crippen LogP contribution < -0.4 is 20.5 Å². The Bertz CT molecular complexity index is 478. The van der Waals surface area contributed by atoms with Crippen molar-refractivity contribution in [3.8, 4) is 11.5 Å². The van der Waals surface area contributed by atoms with Crippen molar-refractivity contribution < 1.29 is 14.3 Å². The van der Waals surface area contributed by atoms with Crippen LogP contribution >= 0.6 is 11.8 Å². The number of hydrogen-bond acceptors (Lipinski definition) is 5. The fourth-order valence-electron chi connectivity index (χ4n) is 1.57. The van der Waals surface area contributed by atoms with Gasteiger partial charge in [0.05, 0.1) is 25.5 Å². The highest BCUT2D eigenvalue weighted by Gasteiger charge is 2.15. The first kappa shape index (κ1) is 16.2. The van der Waals surface area contributed by atoms with Gasteiger partial charge in [0.25, 0.3) is 5.91 Å². The lowest BCUT2D eigenvalue weighted by Crippen LogP contribution is -2.26. The highest BCUT2D eigenvalue weighted by molar-refractivity contribution is 7.99. The van der Waals surface area contributed by atoms with Crippen molar-refractivity contribution in [2.24, 2.45) is 0 Å².